The number of hydrogen-bond donors (Lipinski definition) is 3. The Hall–Kier alpha value is -3.88. The molecule has 0 radical (unpaired) electrons. The van der Waals surface area contributed by atoms with Crippen LogP contribution >= 0.6 is 0 Å². The van der Waals surface area contributed by atoms with Gasteiger partial charge in [-0.25, -0.2) is 9.59 Å². The van der Waals surface area contributed by atoms with Gasteiger partial charge in [0.05, 0.1) is 17.8 Å². The van der Waals surface area contributed by atoms with E-state index in [1.807, 2.05) is 45.9 Å². The van der Waals surface area contributed by atoms with Crippen LogP contribution in [0, 0.1) is 13.8 Å². The van der Waals surface area contributed by atoms with Crippen LogP contribution < -0.4 is 16.0 Å². The zero-order chi connectivity index (χ0) is 24.5. The van der Waals surface area contributed by atoms with Gasteiger partial charge < -0.3 is 25.6 Å². The van der Waals surface area contributed by atoms with E-state index in [-0.39, 0.29) is 29.7 Å². The van der Waals surface area contributed by atoms with Gasteiger partial charge in [-0.3, -0.25) is 9.59 Å². The molecule has 0 aliphatic rings. The first-order chi connectivity index (χ1) is 15.6. The van der Waals surface area contributed by atoms with Crippen molar-refractivity contribution in [3.05, 3.63) is 59.2 Å². The van der Waals surface area contributed by atoms with E-state index in [4.69, 9.17) is 4.74 Å². The third-order valence-electron chi connectivity index (χ3n) is 4.69. The molecule has 3 N–H and O–H groups in total. The number of hydrogen-bond acceptors (Lipinski definition) is 5. The summed E-state index contributed by atoms with van der Waals surface area (Å²) in [6.45, 7) is 6.65. The average Bonchev–Trinajstić information content (AvgIpc) is 2.74. The van der Waals surface area contributed by atoms with Crippen molar-refractivity contribution < 1.29 is 23.9 Å². The standard InChI is InChI=1S/C24H30N4O5/c1-15(2)25-24(32)26-19-12-7-6-11-18(19)23(31)33-14-21(30)28(5)13-20(29)27-22-16(3)9-8-10-17(22)4/h6-12,15H,13-14H2,1-5H3,(H,27,29)(H2,25,26,32). The quantitative estimate of drug-likeness (QED) is 0.530. The van der Waals surface area contributed by atoms with Crippen LogP contribution in [0.5, 0.6) is 0 Å². The highest BCUT2D eigenvalue weighted by Gasteiger charge is 2.19. The zero-order valence-corrected chi connectivity index (χ0v) is 19.5. The van der Waals surface area contributed by atoms with Crippen LogP contribution in [0.25, 0.3) is 0 Å². The van der Waals surface area contributed by atoms with E-state index < -0.39 is 24.5 Å². The number of amides is 4. The number of anilines is 2. The van der Waals surface area contributed by atoms with Gasteiger partial charge in [-0.1, -0.05) is 30.3 Å². The van der Waals surface area contributed by atoms with E-state index in [1.54, 1.807) is 18.2 Å². The lowest BCUT2D eigenvalue weighted by Gasteiger charge is -2.18. The first-order valence-electron chi connectivity index (χ1n) is 10.5. The molecule has 9 heteroatoms. The highest BCUT2D eigenvalue weighted by molar-refractivity contribution is 6.01. The Morgan fingerprint density at radius 1 is 0.939 bits per heavy atom. The summed E-state index contributed by atoms with van der Waals surface area (Å²) >= 11 is 0. The van der Waals surface area contributed by atoms with Crippen LogP contribution in [-0.4, -0.2) is 55.0 Å². The Bertz CT molecular complexity index is 1020. The number of likely N-dealkylation sites (N-methyl/N-ethyl adjacent to an activating group) is 1. The van der Waals surface area contributed by atoms with Crippen LogP contribution in [0.15, 0.2) is 42.5 Å². The monoisotopic (exact) mass is 454 g/mol. The second kappa shape index (κ2) is 11.7. The number of aryl methyl sites for hydroxylation is 2. The second-order valence-corrected chi connectivity index (χ2v) is 7.94. The topological polar surface area (TPSA) is 117 Å². The number of benzene rings is 2. The highest BCUT2D eigenvalue weighted by atomic mass is 16.5. The molecule has 9 nitrogen and oxygen atoms in total. The molecule has 0 aromatic heterocycles. The molecule has 0 fully saturated rings. The lowest BCUT2D eigenvalue weighted by atomic mass is 10.1. The van der Waals surface area contributed by atoms with Gasteiger partial charge in [0, 0.05) is 18.8 Å². The summed E-state index contributed by atoms with van der Waals surface area (Å²) < 4.78 is 5.12. The zero-order valence-electron chi connectivity index (χ0n) is 19.5. The molecule has 0 saturated heterocycles. The van der Waals surface area contributed by atoms with E-state index in [1.165, 1.54) is 18.0 Å². The Morgan fingerprint density at radius 2 is 1.58 bits per heavy atom. The van der Waals surface area contributed by atoms with Crippen molar-refractivity contribution in [2.75, 3.05) is 30.8 Å². The molecular weight excluding hydrogens is 424 g/mol. The minimum absolute atomic E-state index is 0.0795. The van der Waals surface area contributed by atoms with Gasteiger partial charge in [0.25, 0.3) is 5.91 Å². The van der Waals surface area contributed by atoms with Gasteiger partial charge in [-0.15, -0.1) is 0 Å². The molecule has 0 atom stereocenters. The number of urea groups is 1. The number of nitrogens with one attached hydrogen (secondary N) is 3. The fourth-order valence-corrected chi connectivity index (χ4v) is 3.00. The molecule has 0 aliphatic heterocycles. The number of nitrogens with zero attached hydrogens (tertiary/aromatic N) is 1. The SMILES string of the molecule is Cc1cccc(C)c1NC(=O)CN(C)C(=O)COC(=O)c1ccccc1NC(=O)NC(C)C. The van der Waals surface area contributed by atoms with Crippen LogP contribution in [0.4, 0.5) is 16.2 Å². The second-order valence-electron chi connectivity index (χ2n) is 7.94. The Labute approximate surface area is 193 Å². The number of carbonyl (C=O) groups excluding carboxylic acids is 4. The van der Waals surface area contributed by atoms with E-state index in [0.717, 1.165) is 11.1 Å². The fraction of sp³-hybridized carbons (Fsp3) is 0.333. The van der Waals surface area contributed by atoms with Crippen molar-refractivity contribution in [3.8, 4) is 0 Å². The summed E-state index contributed by atoms with van der Waals surface area (Å²) in [6.07, 6.45) is 0. The summed E-state index contributed by atoms with van der Waals surface area (Å²) in [4.78, 5) is 50.4. The predicted molar refractivity (Wildman–Crippen MR) is 126 cm³/mol. The predicted octanol–water partition coefficient (Wildman–Crippen LogP) is 3.09. The molecular formula is C24H30N4O5. The summed E-state index contributed by atoms with van der Waals surface area (Å²) in [6, 6.07) is 11.5. The summed E-state index contributed by atoms with van der Waals surface area (Å²) in [5, 5.41) is 8.06. The van der Waals surface area contributed by atoms with Crippen LogP contribution in [-0.2, 0) is 14.3 Å². The first kappa shape index (κ1) is 25.4. The molecule has 0 aliphatic carbocycles. The lowest BCUT2D eigenvalue weighted by molar-refractivity contribution is -0.136. The van der Waals surface area contributed by atoms with Gasteiger partial charge in [0.15, 0.2) is 6.61 Å². The van der Waals surface area contributed by atoms with Crippen LogP contribution in [0.3, 0.4) is 0 Å². The number of ether oxygens (including phenoxy) is 1. The molecule has 2 rings (SSSR count). The van der Waals surface area contributed by atoms with Crippen molar-refractivity contribution in [2.45, 2.75) is 33.7 Å². The number of esters is 1. The van der Waals surface area contributed by atoms with Gasteiger partial charge >= 0.3 is 12.0 Å². The number of para-hydroxylation sites is 2. The third kappa shape index (κ3) is 7.64. The van der Waals surface area contributed by atoms with Gasteiger partial charge in [-0.05, 0) is 51.0 Å². The molecule has 0 saturated carbocycles. The normalized spacial score (nSPS) is 10.4. The maximum atomic E-state index is 12.5. The highest BCUT2D eigenvalue weighted by Crippen LogP contribution is 2.19. The maximum absolute atomic E-state index is 12.5. The molecule has 2 aromatic rings. The Kier molecular flexibility index (Phi) is 8.97. The smallest absolute Gasteiger partial charge is 0.340 e. The molecule has 0 bridgehead atoms. The molecule has 0 unspecified atom stereocenters. The van der Waals surface area contributed by atoms with E-state index in [2.05, 4.69) is 16.0 Å². The van der Waals surface area contributed by atoms with E-state index in [0.29, 0.717) is 5.69 Å². The first-order valence-corrected chi connectivity index (χ1v) is 10.5. The summed E-state index contributed by atoms with van der Waals surface area (Å²) in [7, 11) is 1.45. The lowest BCUT2D eigenvalue weighted by Crippen LogP contribution is -2.37. The van der Waals surface area contributed by atoms with Gasteiger partial charge in [0.1, 0.15) is 0 Å². The average molecular weight is 455 g/mol. The summed E-state index contributed by atoms with van der Waals surface area (Å²) in [5.74, 6) is -1.67. The maximum Gasteiger partial charge on any atom is 0.340 e. The fourth-order valence-electron chi connectivity index (χ4n) is 3.00. The molecule has 4 amide bonds. The Balaban J connectivity index is 1.91. The largest absolute Gasteiger partial charge is 0.452 e. The summed E-state index contributed by atoms with van der Waals surface area (Å²) in [5.41, 5.74) is 2.91. The van der Waals surface area contributed by atoms with Crippen molar-refractivity contribution >= 4 is 35.2 Å². The third-order valence-corrected chi connectivity index (χ3v) is 4.69. The minimum atomic E-state index is -0.766. The molecule has 33 heavy (non-hydrogen) atoms. The minimum Gasteiger partial charge on any atom is -0.452 e. The molecule has 176 valence electrons. The van der Waals surface area contributed by atoms with Crippen molar-refractivity contribution in [1.29, 1.82) is 0 Å². The van der Waals surface area contributed by atoms with Gasteiger partial charge in [0.2, 0.25) is 5.91 Å². The number of rotatable bonds is 8. The van der Waals surface area contributed by atoms with E-state index in [9.17, 15) is 19.2 Å². The number of carbonyl (C=O) groups is 4. The van der Waals surface area contributed by atoms with Crippen LogP contribution in [0.2, 0.25) is 0 Å². The van der Waals surface area contributed by atoms with Crippen molar-refractivity contribution in [1.82, 2.24) is 10.2 Å². The van der Waals surface area contributed by atoms with Crippen LogP contribution in [0.1, 0.15) is 35.3 Å². The van der Waals surface area contributed by atoms with E-state index >= 15 is 0 Å². The molecule has 0 heterocycles. The molecule has 2 aromatic carbocycles. The van der Waals surface area contributed by atoms with Crippen molar-refractivity contribution in [2.24, 2.45) is 0 Å². The Morgan fingerprint density at radius 3 is 2.21 bits per heavy atom. The van der Waals surface area contributed by atoms with Crippen molar-refractivity contribution in [3.63, 3.8) is 0 Å². The van der Waals surface area contributed by atoms with Gasteiger partial charge in [-0.2, -0.15) is 0 Å². The molecule has 0 spiro atoms.